The van der Waals surface area contributed by atoms with Crippen LogP contribution in [0.15, 0.2) is 35.2 Å². The summed E-state index contributed by atoms with van der Waals surface area (Å²) in [6.45, 7) is 5.94. The molecule has 0 spiro atoms. The van der Waals surface area contributed by atoms with Gasteiger partial charge in [0.15, 0.2) is 0 Å². The van der Waals surface area contributed by atoms with Crippen molar-refractivity contribution in [2.45, 2.75) is 58.5 Å². The Hall–Kier alpha value is -2.70. The minimum Gasteiger partial charge on any atom is -0.354 e. The van der Waals surface area contributed by atoms with Gasteiger partial charge in [0, 0.05) is 29.6 Å². The van der Waals surface area contributed by atoms with Crippen molar-refractivity contribution in [1.29, 1.82) is 0 Å². The first-order chi connectivity index (χ1) is 12.5. The number of carbonyl (C=O) groups is 2. The molecule has 2 rings (SSSR count). The molecule has 2 unspecified atom stereocenters. The van der Waals surface area contributed by atoms with E-state index < -0.39 is 0 Å². The molecule has 1 aromatic heterocycles. The van der Waals surface area contributed by atoms with E-state index in [0.717, 1.165) is 18.4 Å². The van der Waals surface area contributed by atoms with E-state index in [1.165, 1.54) is 6.39 Å². The van der Waals surface area contributed by atoms with Crippen molar-refractivity contribution in [3.05, 3.63) is 36.2 Å². The number of nitrogens with zero attached hydrogens (tertiary/aromatic N) is 2. The zero-order valence-electron chi connectivity index (χ0n) is 15.5. The van der Waals surface area contributed by atoms with Crippen molar-refractivity contribution in [2.24, 2.45) is 0 Å². The Labute approximate surface area is 153 Å². The molecule has 7 nitrogen and oxygen atoms in total. The van der Waals surface area contributed by atoms with Crippen LogP contribution in [0.25, 0.3) is 11.4 Å². The van der Waals surface area contributed by atoms with Gasteiger partial charge in [-0.3, -0.25) is 9.59 Å². The third-order valence-electron chi connectivity index (χ3n) is 4.02. The Kier molecular flexibility index (Phi) is 7.32. The van der Waals surface area contributed by atoms with E-state index in [2.05, 4.69) is 27.7 Å². The fraction of sp³-hybridized carbons (Fsp3) is 0.474. The van der Waals surface area contributed by atoms with Crippen LogP contribution in [0, 0.1) is 0 Å². The van der Waals surface area contributed by atoms with Gasteiger partial charge in [-0.15, -0.1) is 0 Å². The maximum Gasteiger partial charge on any atom is 0.251 e. The molecular weight excluding hydrogens is 332 g/mol. The first kappa shape index (κ1) is 19.6. The van der Waals surface area contributed by atoms with Crippen LogP contribution in [0.5, 0.6) is 0 Å². The highest BCUT2D eigenvalue weighted by Crippen LogP contribution is 2.15. The number of benzene rings is 1. The molecule has 0 aliphatic heterocycles. The Morgan fingerprint density at radius 1 is 1.12 bits per heavy atom. The molecule has 0 aliphatic rings. The van der Waals surface area contributed by atoms with Crippen LogP contribution in [-0.2, 0) is 4.79 Å². The summed E-state index contributed by atoms with van der Waals surface area (Å²) in [6, 6.07) is 6.96. The summed E-state index contributed by atoms with van der Waals surface area (Å²) in [6.07, 6.45) is 4.38. The lowest BCUT2D eigenvalue weighted by atomic mass is 10.1. The molecule has 2 amide bonds. The van der Waals surface area contributed by atoms with Gasteiger partial charge in [-0.2, -0.15) is 4.98 Å². The molecule has 0 bridgehead atoms. The lowest BCUT2D eigenvalue weighted by molar-refractivity contribution is -0.121. The fourth-order valence-corrected chi connectivity index (χ4v) is 2.71. The molecule has 2 atom stereocenters. The maximum absolute atomic E-state index is 12.3. The summed E-state index contributed by atoms with van der Waals surface area (Å²) < 4.78 is 4.71. The topological polar surface area (TPSA) is 97.1 Å². The minimum atomic E-state index is -0.151. The van der Waals surface area contributed by atoms with E-state index in [9.17, 15) is 9.59 Å². The fourth-order valence-electron chi connectivity index (χ4n) is 2.71. The highest BCUT2D eigenvalue weighted by Gasteiger charge is 2.15. The van der Waals surface area contributed by atoms with Gasteiger partial charge in [0.05, 0.1) is 0 Å². The van der Waals surface area contributed by atoms with E-state index in [0.29, 0.717) is 24.2 Å². The zero-order valence-corrected chi connectivity index (χ0v) is 15.5. The first-order valence-electron chi connectivity index (χ1n) is 8.96. The largest absolute Gasteiger partial charge is 0.354 e. The van der Waals surface area contributed by atoms with Crippen molar-refractivity contribution in [2.75, 3.05) is 0 Å². The van der Waals surface area contributed by atoms with Crippen molar-refractivity contribution >= 4 is 11.8 Å². The second-order valence-electron chi connectivity index (χ2n) is 6.51. The predicted molar refractivity (Wildman–Crippen MR) is 98.4 cm³/mol. The van der Waals surface area contributed by atoms with Crippen molar-refractivity contribution in [3.8, 4) is 11.4 Å². The van der Waals surface area contributed by atoms with Crippen LogP contribution in [-0.4, -0.2) is 34.0 Å². The van der Waals surface area contributed by atoms with Gasteiger partial charge in [0.2, 0.25) is 18.1 Å². The second kappa shape index (κ2) is 9.70. The number of aromatic nitrogens is 2. The Morgan fingerprint density at radius 3 is 2.42 bits per heavy atom. The van der Waals surface area contributed by atoms with Crippen LogP contribution in [0.1, 0.15) is 56.8 Å². The SMILES string of the molecule is CCCCC(=O)NC(C)CC(C)NC(=O)c1ccc(-c2ncon2)cc1. The monoisotopic (exact) mass is 358 g/mol. The van der Waals surface area contributed by atoms with Gasteiger partial charge in [-0.25, -0.2) is 0 Å². The van der Waals surface area contributed by atoms with E-state index >= 15 is 0 Å². The van der Waals surface area contributed by atoms with E-state index in [1.54, 1.807) is 24.3 Å². The van der Waals surface area contributed by atoms with Crippen LogP contribution in [0.3, 0.4) is 0 Å². The number of hydrogen-bond acceptors (Lipinski definition) is 5. The Balaban J connectivity index is 1.82. The molecule has 26 heavy (non-hydrogen) atoms. The highest BCUT2D eigenvalue weighted by atomic mass is 16.5. The maximum atomic E-state index is 12.3. The molecule has 0 saturated heterocycles. The predicted octanol–water partition coefficient (Wildman–Crippen LogP) is 2.94. The molecule has 2 aromatic rings. The first-order valence-corrected chi connectivity index (χ1v) is 8.96. The molecule has 1 heterocycles. The molecule has 7 heteroatoms. The number of nitrogens with one attached hydrogen (secondary N) is 2. The van der Waals surface area contributed by atoms with E-state index in [-0.39, 0.29) is 23.9 Å². The molecule has 0 saturated carbocycles. The van der Waals surface area contributed by atoms with E-state index in [1.807, 2.05) is 13.8 Å². The number of carbonyl (C=O) groups excluding carboxylic acids is 2. The number of hydrogen-bond donors (Lipinski definition) is 2. The number of rotatable bonds is 9. The molecule has 0 aliphatic carbocycles. The van der Waals surface area contributed by atoms with Gasteiger partial charge in [0.1, 0.15) is 0 Å². The van der Waals surface area contributed by atoms with Crippen molar-refractivity contribution < 1.29 is 14.1 Å². The zero-order chi connectivity index (χ0) is 18.9. The summed E-state index contributed by atoms with van der Waals surface area (Å²) in [4.78, 5) is 28.1. The standard InChI is InChI=1S/C19H26N4O3/c1-4-5-6-17(24)21-13(2)11-14(3)22-19(25)16-9-7-15(8-10-16)18-20-12-26-23-18/h7-10,12-14H,4-6,11H2,1-3H3,(H,21,24)(H,22,25). The molecule has 1 aromatic carbocycles. The highest BCUT2D eigenvalue weighted by molar-refractivity contribution is 5.94. The Morgan fingerprint density at radius 2 is 1.81 bits per heavy atom. The normalized spacial score (nSPS) is 13.0. The lowest BCUT2D eigenvalue weighted by Crippen LogP contribution is -2.40. The van der Waals surface area contributed by atoms with Crippen LogP contribution < -0.4 is 10.6 Å². The van der Waals surface area contributed by atoms with Crippen LogP contribution in [0.2, 0.25) is 0 Å². The lowest BCUT2D eigenvalue weighted by Gasteiger charge is -2.20. The van der Waals surface area contributed by atoms with Gasteiger partial charge < -0.3 is 15.2 Å². The number of amides is 2. The summed E-state index contributed by atoms with van der Waals surface area (Å²) in [5.74, 6) is 0.398. The Bertz CT molecular complexity index is 698. The molecule has 0 radical (unpaired) electrons. The third kappa shape index (κ3) is 5.98. The molecular formula is C19H26N4O3. The average Bonchev–Trinajstić information content (AvgIpc) is 3.14. The summed E-state index contributed by atoms with van der Waals surface area (Å²) in [7, 11) is 0. The summed E-state index contributed by atoms with van der Waals surface area (Å²) in [5, 5.41) is 9.69. The quantitative estimate of drug-likeness (QED) is 0.718. The number of unbranched alkanes of at least 4 members (excludes halogenated alkanes) is 1. The second-order valence-corrected chi connectivity index (χ2v) is 6.51. The minimum absolute atomic E-state index is 0.00951. The molecule has 140 valence electrons. The van der Waals surface area contributed by atoms with Crippen LogP contribution >= 0.6 is 0 Å². The summed E-state index contributed by atoms with van der Waals surface area (Å²) >= 11 is 0. The summed E-state index contributed by atoms with van der Waals surface area (Å²) in [5.41, 5.74) is 1.34. The molecule has 2 N–H and O–H groups in total. The van der Waals surface area contributed by atoms with Gasteiger partial charge in [-0.05, 0) is 38.8 Å². The third-order valence-corrected chi connectivity index (χ3v) is 4.02. The van der Waals surface area contributed by atoms with Crippen molar-refractivity contribution in [1.82, 2.24) is 20.8 Å². The average molecular weight is 358 g/mol. The van der Waals surface area contributed by atoms with Crippen LogP contribution in [0.4, 0.5) is 0 Å². The van der Waals surface area contributed by atoms with Gasteiger partial charge in [0.25, 0.3) is 5.91 Å². The van der Waals surface area contributed by atoms with Gasteiger partial charge >= 0.3 is 0 Å². The van der Waals surface area contributed by atoms with Crippen molar-refractivity contribution in [3.63, 3.8) is 0 Å². The smallest absolute Gasteiger partial charge is 0.251 e. The molecule has 0 fully saturated rings. The van der Waals surface area contributed by atoms with Gasteiger partial charge in [-0.1, -0.05) is 30.6 Å². The van der Waals surface area contributed by atoms with E-state index in [4.69, 9.17) is 4.52 Å².